The lowest BCUT2D eigenvalue weighted by atomic mass is 9.99. The number of amides is 1. The first-order valence-electron chi connectivity index (χ1n) is 7.77. The van der Waals surface area contributed by atoms with Gasteiger partial charge in [-0.1, -0.05) is 60.2 Å². The Morgan fingerprint density at radius 3 is 2.33 bits per heavy atom. The number of carbonyl (C=O) groups is 2. The molecule has 0 aliphatic carbocycles. The Morgan fingerprint density at radius 1 is 1.04 bits per heavy atom. The summed E-state index contributed by atoms with van der Waals surface area (Å²) in [6.07, 6.45) is -0.261. The number of ether oxygens (including phenoxy) is 1. The van der Waals surface area contributed by atoms with Crippen LogP contribution < -0.4 is 5.32 Å². The van der Waals surface area contributed by atoms with E-state index in [4.69, 9.17) is 4.74 Å². The van der Waals surface area contributed by atoms with Crippen molar-refractivity contribution in [2.24, 2.45) is 5.92 Å². The number of aryl methyl sites for hydroxylation is 1. The summed E-state index contributed by atoms with van der Waals surface area (Å²) in [6.45, 7) is 2.15. The first-order valence-corrected chi connectivity index (χ1v) is 7.77. The fourth-order valence-electron chi connectivity index (χ4n) is 2.24. The average Bonchev–Trinajstić information content (AvgIpc) is 2.59. The third-order valence-corrected chi connectivity index (χ3v) is 3.66. The molecule has 2 rings (SSSR count). The lowest BCUT2D eigenvalue weighted by Crippen LogP contribution is -2.34. The summed E-state index contributed by atoms with van der Waals surface area (Å²) in [4.78, 5) is 23.1. The second-order valence-corrected chi connectivity index (χ2v) is 5.67. The second-order valence-electron chi connectivity index (χ2n) is 5.67. The summed E-state index contributed by atoms with van der Waals surface area (Å²) in [7, 11) is 0. The molecule has 0 spiro atoms. The Morgan fingerprint density at radius 2 is 1.71 bits per heavy atom. The Kier molecular flexibility index (Phi) is 6.37. The van der Waals surface area contributed by atoms with Crippen molar-refractivity contribution < 1.29 is 19.4 Å². The van der Waals surface area contributed by atoms with Gasteiger partial charge in [-0.3, -0.25) is 4.79 Å². The molecule has 0 saturated heterocycles. The van der Waals surface area contributed by atoms with E-state index in [0.29, 0.717) is 6.42 Å². The van der Waals surface area contributed by atoms with E-state index in [1.807, 2.05) is 61.5 Å². The number of benzene rings is 2. The summed E-state index contributed by atoms with van der Waals surface area (Å²) < 4.78 is 5.08. The molecule has 24 heavy (non-hydrogen) atoms. The van der Waals surface area contributed by atoms with Gasteiger partial charge in [-0.25, -0.2) is 4.79 Å². The van der Waals surface area contributed by atoms with E-state index in [-0.39, 0.29) is 13.2 Å². The lowest BCUT2D eigenvalue weighted by Gasteiger charge is -2.14. The van der Waals surface area contributed by atoms with Crippen LogP contribution in [0, 0.1) is 12.8 Å². The molecule has 2 aromatic carbocycles. The molecule has 0 aromatic heterocycles. The summed E-state index contributed by atoms with van der Waals surface area (Å²) in [6, 6.07) is 17.0. The van der Waals surface area contributed by atoms with E-state index in [2.05, 4.69) is 5.32 Å². The van der Waals surface area contributed by atoms with Crippen LogP contribution in [0.25, 0.3) is 0 Å². The van der Waals surface area contributed by atoms with Crippen LogP contribution in [0.2, 0.25) is 0 Å². The van der Waals surface area contributed by atoms with Crippen LogP contribution in [-0.4, -0.2) is 23.7 Å². The Labute approximate surface area is 141 Å². The molecule has 2 N–H and O–H groups in total. The number of rotatable bonds is 7. The highest BCUT2D eigenvalue weighted by atomic mass is 16.5. The maximum Gasteiger partial charge on any atom is 0.407 e. The van der Waals surface area contributed by atoms with Gasteiger partial charge in [-0.05, 0) is 24.5 Å². The van der Waals surface area contributed by atoms with Gasteiger partial charge >= 0.3 is 12.1 Å². The van der Waals surface area contributed by atoms with E-state index in [1.54, 1.807) is 0 Å². The van der Waals surface area contributed by atoms with E-state index in [9.17, 15) is 14.7 Å². The van der Waals surface area contributed by atoms with Crippen molar-refractivity contribution in [3.05, 3.63) is 71.3 Å². The molecule has 0 radical (unpaired) electrons. The van der Waals surface area contributed by atoms with Crippen LogP contribution in [0.1, 0.15) is 16.7 Å². The molecule has 0 fully saturated rings. The molecule has 1 amide bonds. The van der Waals surface area contributed by atoms with E-state index >= 15 is 0 Å². The van der Waals surface area contributed by atoms with Gasteiger partial charge in [0.1, 0.15) is 6.61 Å². The van der Waals surface area contributed by atoms with Gasteiger partial charge in [0.25, 0.3) is 0 Å². The summed E-state index contributed by atoms with van der Waals surface area (Å²) >= 11 is 0. The number of carboxylic acids is 1. The minimum atomic E-state index is -0.945. The van der Waals surface area contributed by atoms with Crippen LogP contribution in [0.4, 0.5) is 4.79 Å². The Hall–Kier alpha value is -2.82. The van der Waals surface area contributed by atoms with E-state index in [1.165, 1.54) is 0 Å². The number of nitrogens with one attached hydrogen (secondary N) is 1. The predicted octanol–water partition coefficient (Wildman–Crippen LogP) is 3.16. The van der Waals surface area contributed by atoms with Gasteiger partial charge < -0.3 is 15.2 Å². The van der Waals surface area contributed by atoms with Gasteiger partial charge in [0.15, 0.2) is 0 Å². The van der Waals surface area contributed by atoms with Crippen molar-refractivity contribution in [3.63, 3.8) is 0 Å². The van der Waals surface area contributed by atoms with Crippen molar-refractivity contribution >= 4 is 12.1 Å². The quantitative estimate of drug-likeness (QED) is 0.819. The zero-order chi connectivity index (χ0) is 17.4. The van der Waals surface area contributed by atoms with Gasteiger partial charge in [0, 0.05) is 6.54 Å². The largest absolute Gasteiger partial charge is 0.481 e. The minimum Gasteiger partial charge on any atom is -0.481 e. The first kappa shape index (κ1) is 17.5. The Bertz CT molecular complexity index is 668. The highest BCUT2D eigenvalue weighted by molar-refractivity contribution is 5.72. The second kappa shape index (κ2) is 8.72. The predicted molar refractivity (Wildman–Crippen MR) is 90.6 cm³/mol. The standard InChI is InChI=1S/C19H21NO4/c1-14-7-9-15(10-8-14)11-17(18(21)22)12-20-19(23)24-13-16-5-3-2-4-6-16/h2-10,17H,11-13H2,1H3,(H,20,23)(H,21,22). The number of carboxylic acid groups (broad SMARTS) is 1. The molecule has 0 saturated carbocycles. The number of carbonyl (C=O) groups excluding carboxylic acids is 1. The fraction of sp³-hybridized carbons (Fsp3) is 0.263. The smallest absolute Gasteiger partial charge is 0.407 e. The molecule has 0 aliphatic heterocycles. The molecule has 5 heteroatoms. The third kappa shape index (κ3) is 5.76. The number of alkyl carbamates (subject to hydrolysis) is 1. The molecule has 1 atom stereocenters. The molecular formula is C19H21NO4. The van der Waals surface area contributed by atoms with Crippen molar-refractivity contribution in [3.8, 4) is 0 Å². The zero-order valence-corrected chi connectivity index (χ0v) is 13.6. The SMILES string of the molecule is Cc1ccc(CC(CNC(=O)OCc2ccccc2)C(=O)O)cc1. The molecule has 5 nitrogen and oxygen atoms in total. The summed E-state index contributed by atoms with van der Waals surface area (Å²) in [5, 5.41) is 11.8. The minimum absolute atomic E-state index is 0.0246. The number of aliphatic carboxylic acids is 1. The fourth-order valence-corrected chi connectivity index (χ4v) is 2.24. The lowest BCUT2D eigenvalue weighted by molar-refractivity contribution is -0.141. The topological polar surface area (TPSA) is 75.6 Å². The molecule has 0 aliphatic rings. The van der Waals surface area contributed by atoms with Crippen molar-refractivity contribution in [2.75, 3.05) is 6.54 Å². The van der Waals surface area contributed by atoms with Gasteiger partial charge in [0.2, 0.25) is 0 Å². The maximum atomic E-state index is 11.7. The van der Waals surface area contributed by atoms with Crippen molar-refractivity contribution in [1.29, 1.82) is 0 Å². The number of hydrogen-bond acceptors (Lipinski definition) is 3. The maximum absolute atomic E-state index is 11.7. The molecule has 0 heterocycles. The van der Waals surface area contributed by atoms with Crippen molar-refractivity contribution in [1.82, 2.24) is 5.32 Å². The Balaban J connectivity index is 1.81. The van der Waals surface area contributed by atoms with Gasteiger partial charge in [-0.15, -0.1) is 0 Å². The first-order chi connectivity index (χ1) is 11.5. The highest BCUT2D eigenvalue weighted by Gasteiger charge is 2.19. The van der Waals surface area contributed by atoms with E-state index < -0.39 is 18.0 Å². The zero-order valence-electron chi connectivity index (χ0n) is 13.6. The molecular weight excluding hydrogens is 306 g/mol. The van der Waals surface area contributed by atoms with Crippen molar-refractivity contribution in [2.45, 2.75) is 20.0 Å². The van der Waals surface area contributed by atoms with Crippen LogP contribution >= 0.6 is 0 Å². The van der Waals surface area contributed by atoms with Crippen LogP contribution in [0.15, 0.2) is 54.6 Å². The average molecular weight is 327 g/mol. The number of hydrogen-bond donors (Lipinski definition) is 2. The molecule has 126 valence electrons. The summed E-state index contributed by atoms with van der Waals surface area (Å²) in [5.74, 6) is -1.64. The highest BCUT2D eigenvalue weighted by Crippen LogP contribution is 2.10. The van der Waals surface area contributed by atoms with Crippen LogP contribution in [0.5, 0.6) is 0 Å². The molecule has 0 bridgehead atoms. The van der Waals surface area contributed by atoms with Crippen LogP contribution in [-0.2, 0) is 22.6 Å². The monoisotopic (exact) mass is 327 g/mol. The molecule has 2 aromatic rings. The van der Waals surface area contributed by atoms with Gasteiger partial charge in [-0.2, -0.15) is 0 Å². The molecule has 1 unspecified atom stereocenters. The van der Waals surface area contributed by atoms with E-state index in [0.717, 1.165) is 16.7 Å². The van der Waals surface area contributed by atoms with Gasteiger partial charge in [0.05, 0.1) is 5.92 Å². The third-order valence-electron chi connectivity index (χ3n) is 3.66. The normalized spacial score (nSPS) is 11.5. The van der Waals surface area contributed by atoms with Crippen LogP contribution in [0.3, 0.4) is 0 Å². The summed E-state index contributed by atoms with van der Waals surface area (Å²) in [5.41, 5.74) is 2.92.